The molecule has 0 aliphatic carbocycles. The third-order valence-electron chi connectivity index (χ3n) is 2.41. The Morgan fingerprint density at radius 1 is 1.24 bits per heavy atom. The number of carbonyl (C=O) groups excluding carboxylic acids is 3. The lowest BCUT2D eigenvalue weighted by atomic mass is 10.1. The van der Waals surface area contributed by atoms with Crippen molar-refractivity contribution >= 4 is 39.5 Å². The summed E-state index contributed by atoms with van der Waals surface area (Å²) in [4.78, 5) is 34.4. The van der Waals surface area contributed by atoms with Crippen LogP contribution in [0.4, 0.5) is 5.69 Å². The topological polar surface area (TPSA) is 108 Å². The van der Waals surface area contributed by atoms with Gasteiger partial charge in [0.15, 0.2) is 0 Å². The van der Waals surface area contributed by atoms with E-state index in [-0.39, 0.29) is 16.9 Å². The van der Waals surface area contributed by atoms with E-state index < -0.39 is 17.8 Å². The maximum absolute atomic E-state index is 11.7. The van der Waals surface area contributed by atoms with Crippen molar-refractivity contribution in [2.24, 2.45) is 5.73 Å². The van der Waals surface area contributed by atoms with E-state index in [1.165, 1.54) is 13.2 Å². The van der Waals surface area contributed by atoms with E-state index in [2.05, 4.69) is 30.7 Å². The van der Waals surface area contributed by atoms with Crippen LogP contribution in [-0.4, -0.2) is 32.1 Å². The first-order valence-electron chi connectivity index (χ1n) is 5.64. The Labute approximate surface area is 129 Å². The zero-order valence-corrected chi connectivity index (χ0v) is 12.9. The minimum Gasteiger partial charge on any atom is -0.466 e. The maximum Gasteiger partial charge on any atom is 0.354 e. The van der Waals surface area contributed by atoms with Crippen molar-refractivity contribution in [1.82, 2.24) is 0 Å². The number of para-hydroxylation sites is 1. The van der Waals surface area contributed by atoms with Gasteiger partial charge >= 0.3 is 11.9 Å². The van der Waals surface area contributed by atoms with Gasteiger partial charge in [0.05, 0.1) is 31.5 Å². The molecule has 1 amide bonds. The van der Waals surface area contributed by atoms with Crippen molar-refractivity contribution in [2.75, 3.05) is 19.5 Å². The van der Waals surface area contributed by atoms with Crippen LogP contribution < -0.4 is 11.1 Å². The molecule has 0 aliphatic heterocycles. The quantitative estimate of drug-likeness (QED) is 0.606. The Balaban J connectivity index is 3.27. The average molecular weight is 357 g/mol. The van der Waals surface area contributed by atoms with E-state index in [9.17, 15) is 14.4 Å². The molecule has 0 fully saturated rings. The summed E-state index contributed by atoms with van der Waals surface area (Å²) in [5.74, 6) is -2.25. The summed E-state index contributed by atoms with van der Waals surface area (Å²) >= 11 is 3.23. The number of anilines is 1. The van der Waals surface area contributed by atoms with E-state index in [0.29, 0.717) is 4.47 Å². The lowest BCUT2D eigenvalue weighted by molar-refractivity contribution is -0.138. The van der Waals surface area contributed by atoms with Gasteiger partial charge in [0.2, 0.25) is 0 Å². The smallest absolute Gasteiger partial charge is 0.354 e. The molecular weight excluding hydrogens is 344 g/mol. The number of rotatable bonds is 5. The molecule has 21 heavy (non-hydrogen) atoms. The van der Waals surface area contributed by atoms with Crippen molar-refractivity contribution in [2.45, 2.75) is 0 Å². The minimum absolute atomic E-state index is 0.143. The number of halogens is 1. The average Bonchev–Trinajstić information content (AvgIpc) is 2.46. The van der Waals surface area contributed by atoms with Crippen LogP contribution in [0, 0.1) is 0 Å². The second kappa shape index (κ2) is 7.44. The fourth-order valence-electron chi connectivity index (χ4n) is 1.42. The molecule has 1 rings (SSSR count). The van der Waals surface area contributed by atoms with Gasteiger partial charge < -0.3 is 20.5 Å². The van der Waals surface area contributed by atoms with Crippen molar-refractivity contribution in [3.63, 3.8) is 0 Å². The molecule has 0 radical (unpaired) electrons. The molecule has 0 spiro atoms. The summed E-state index contributed by atoms with van der Waals surface area (Å²) in [6.07, 6.45) is 0.913. The van der Waals surface area contributed by atoms with Crippen LogP contribution in [0.1, 0.15) is 10.4 Å². The number of nitrogens with one attached hydrogen (secondary N) is 1. The molecule has 1 aromatic rings. The molecule has 1 aromatic carbocycles. The van der Waals surface area contributed by atoms with Crippen LogP contribution in [0.5, 0.6) is 0 Å². The number of nitrogens with two attached hydrogens (primary N) is 1. The number of amides is 1. The molecule has 0 aromatic heterocycles. The van der Waals surface area contributed by atoms with Gasteiger partial charge in [-0.1, -0.05) is 6.07 Å². The fraction of sp³-hybridized carbons (Fsp3) is 0.154. The molecule has 0 saturated carbocycles. The molecule has 0 aliphatic rings. The Hall–Kier alpha value is -2.35. The number of methoxy groups -OCH3 is 2. The molecule has 0 bridgehead atoms. The second-order valence-corrected chi connectivity index (χ2v) is 4.58. The number of esters is 2. The van der Waals surface area contributed by atoms with E-state index in [1.807, 2.05) is 0 Å². The molecule has 0 atom stereocenters. The molecule has 7 nitrogen and oxygen atoms in total. The first kappa shape index (κ1) is 16.7. The Morgan fingerprint density at radius 2 is 1.90 bits per heavy atom. The van der Waals surface area contributed by atoms with E-state index in [1.54, 1.807) is 12.1 Å². The highest BCUT2D eigenvalue weighted by molar-refractivity contribution is 9.10. The lowest BCUT2D eigenvalue weighted by Gasteiger charge is -2.13. The third-order valence-corrected chi connectivity index (χ3v) is 3.07. The zero-order chi connectivity index (χ0) is 16.0. The van der Waals surface area contributed by atoms with E-state index in [4.69, 9.17) is 5.73 Å². The molecule has 112 valence electrons. The van der Waals surface area contributed by atoms with Crippen LogP contribution in [0.2, 0.25) is 0 Å². The van der Waals surface area contributed by atoms with Crippen molar-refractivity contribution < 1.29 is 23.9 Å². The monoisotopic (exact) mass is 356 g/mol. The third kappa shape index (κ3) is 4.32. The summed E-state index contributed by atoms with van der Waals surface area (Å²) < 4.78 is 9.50. The maximum atomic E-state index is 11.7. The molecule has 0 heterocycles. The minimum atomic E-state index is -0.799. The highest BCUT2D eigenvalue weighted by atomic mass is 79.9. The van der Waals surface area contributed by atoms with Gasteiger partial charge in [0.25, 0.3) is 5.91 Å². The summed E-state index contributed by atoms with van der Waals surface area (Å²) in [5.41, 5.74) is 5.46. The van der Waals surface area contributed by atoms with Crippen LogP contribution >= 0.6 is 15.9 Å². The highest BCUT2D eigenvalue weighted by Gasteiger charge is 2.18. The van der Waals surface area contributed by atoms with Gasteiger partial charge in [-0.05, 0) is 28.1 Å². The lowest BCUT2D eigenvalue weighted by Crippen LogP contribution is -2.19. The molecule has 3 N–H and O–H groups in total. The van der Waals surface area contributed by atoms with E-state index in [0.717, 1.165) is 13.2 Å². The zero-order valence-electron chi connectivity index (χ0n) is 11.3. The van der Waals surface area contributed by atoms with Crippen LogP contribution in [0.25, 0.3) is 0 Å². The van der Waals surface area contributed by atoms with Crippen molar-refractivity contribution in [3.05, 3.63) is 40.0 Å². The van der Waals surface area contributed by atoms with Crippen LogP contribution in [0.3, 0.4) is 0 Å². The van der Waals surface area contributed by atoms with Gasteiger partial charge in [-0.3, -0.25) is 4.79 Å². The predicted octanol–water partition coefficient (Wildman–Crippen LogP) is 1.19. The van der Waals surface area contributed by atoms with Crippen molar-refractivity contribution in [3.8, 4) is 0 Å². The van der Waals surface area contributed by atoms with Crippen molar-refractivity contribution in [1.29, 1.82) is 0 Å². The summed E-state index contributed by atoms with van der Waals surface area (Å²) in [5, 5.41) is 2.65. The van der Waals surface area contributed by atoms with Crippen LogP contribution in [-0.2, 0) is 19.1 Å². The highest BCUT2D eigenvalue weighted by Crippen LogP contribution is 2.27. The van der Waals surface area contributed by atoms with E-state index >= 15 is 0 Å². The summed E-state index contributed by atoms with van der Waals surface area (Å²) in [7, 11) is 2.32. The normalized spacial score (nSPS) is 10.7. The summed E-state index contributed by atoms with van der Waals surface area (Å²) in [6, 6.07) is 4.72. The van der Waals surface area contributed by atoms with Gasteiger partial charge in [-0.25, -0.2) is 9.59 Å². The van der Waals surface area contributed by atoms with Gasteiger partial charge in [0.1, 0.15) is 5.70 Å². The first-order chi connectivity index (χ1) is 9.90. The largest absolute Gasteiger partial charge is 0.466 e. The number of hydrogen-bond acceptors (Lipinski definition) is 6. The first-order valence-corrected chi connectivity index (χ1v) is 6.43. The van der Waals surface area contributed by atoms with Gasteiger partial charge in [0, 0.05) is 4.47 Å². The fourth-order valence-corrected chi connectivity index (χ4v) is 1.89. The predicted molar refractivity (Wildman–Crippen MR) is 78.4 cm³/mol. The second-order valence-electron chi connectivity index (χ2n) is 3.72. The number of primary amides is 1. The molecule has 8 heteroatoms. The Kier molecular flexibility index (Phi) is 5.92. The van der Waals surface area contributed by atoms with Crippen LogP contribution in [0.15, 0.2) is 34.4 Å². The molecule has 0 saturated heterocycles. The van der Waals surface area contributed by atoms with Gasteiger partial charge in [-0.2, -0.15) is 0 Å². The SMILES string of the molecule is COC(=O)/C=C(/Nc1c(Br)cccc1C(N)=O)C(=O)OC. The molecular formula is C13H13BrN2O5. The van der Waals surface area contributed by atoms with Gasteiger partial charge in [-0.15, -0.1) is 0 Å². The number of benzene rings is 1. The molecule has 0 unspecified atom stereocenters. The number of ether oxygens (including phenoxy) is 2. The summed E-state index contributed by atoms with van der Waals surface area (Å²) in [6.45, 7) is 0. The number of carbonyl (C=O) groups is 3. The number of hydrogen-bond donors (Lipinski definition) is 2. The standard InChI is InChI=1S/C13H13BrN2O5/c1-20-10(17)6-9(13(19)21-2)16-11-7(12(15)18)4-3-5-8(11)14/h3-6,16H,1-2H3,(H2,15,18)/b9-6+. The Bertz CT molecular complexity index is 613. The Morgan fingerprint density at radius 3 is 2.43 bits per heavy atom.